The molecule has 0 saturated carbocycles. The molecular weight excluding hydrogens is 548 g/mol. The normalized spacial score (nSPS) is 19.4. The number of hydrogen-bond donors (Lipinski definition) is 2. The Labute approximate surface area is 249 Å². The van der Waals surface area contributed by atoms with E-state index in [1.165, 1.54) is 6.08 Å². The number of nitrogens with zero attached hydrogens (tertiary/aromatic N) is 6. The van der Waals surface area contributed by atoms with E-state index in [1.54, 1.807) is 27.9 Å². The molecule has 2 aromatic heterocycles. The first-order chi connectivity index (χ1) is 20.8. The van der Waals surface area contributed by atoms with Gasteiger partial charge in [-0.15, -0.1) is 0 Å². The molecule has 0 aliphatic carbocycles. The molecule has 3 aromatic rings. The summed E-state index contributed by atoms with van der Waals surface area (Å²) in [6.07, 6.45) is 6.73. The van der Waals surface area contributed by atoms with Crippen molar-refractivity contribution in [2.24, 2.45) is 12.0 Å². The molecule has 1 fully saturated rings. The number of aryl methyl sites for hydroxylation is 2. The van der Waals surface area contributed by atoms with E-state index >= 15 is 0 Å². The van der Waals surface area contributed by atoms with Gasteiger partial charge >= 0.3 is 0 Å². The van der Waals surface area contributed by atoms with Crippen LogP contribution >= 0.6 is 0 Å². The van der Waals surface area contributed by atoms with Crippen molar-refractivity contribution in [3.05, 3.63) is 60.4 Å². The molecule has 5 heterocycles. The molecule has 1 saturated heterocycles. The third-order valence-corrected chi connectivity index (χ3v) is 7.91. The number of pyridine rings is 1. The molecule has 12 heteroatoms. The van der Waals surface area contributed by atoms with Gasteiger partial charge in [0.15, 0.2) is 0 Å². The summed E-state index contributed by atoms with van der Waals surface area (Å²) in [5.74, 6) is 0.0457. The van der Waals surface area contributed by atoms with E-state index in [0.717, 1.165) is 37.1 Å². The number of likely N-dealkylation sites (tertiary alicyclic amines) is 1. The van der Waals surface area contributed by atoms with Gasteiger partial charge in [0.25, 0.3) is 5.91 Å². The molecule has 1 atom stereocenters. The van der Waals surface area contributed by atoms with Gasteiger partial charge < -0.3 is 25.2 Å². The summed E-state index contributed by atoms with van der Waals surface area (Å²) in [4.78, 5) is 52.0. The van der Waals surface area contributed by atoms with Gasteiger partial charge in [-0.3, -0.25) is 19.4 Å². The predicted octanol–water partition coefficient (Wildman–Crippen LogP) is 3.90. The van der Waals surface area contributed by atoms with Gasteiger partial charge in [-0.05, 0) is 69.4 Å². The second-order valence-corrected chi connectivity index (χ2v) is 10.9. The maximum Gasteiger partial charge on any atom is 0.280 e. The number of para-hydroxylation sites is 1. The van der Waals surface area contributed by atoms with E-state index in [1.807, 2.05) is 37.1 Å². The van der Waals surface area contributed by atoms with Crippen LogP contribution in [0.3, 0.4) is 0 Å². The Morgan fingerprint density at radius 1 is 1.16 bits per heavy atom. The smallest absolute Gasteiger partial charge is 0.280 e. The molecule has 1 aromatic carbocycles. The van der Waals surface area contributed by atoms with E-state index in [-0.39, 0.29) is 11.8 Å². The summed E-state index contributed by atoms with van der Waals surface area (Å²) >= 11 is 0. The molecule has 2 bridgehead atoms. The summed E-state index contributed by atoms with van der Waals surface area (Å²) in [5.41, 5.74) is 4.39. The summed E-state index contributed by atoms with van der Waals surface area (Å²) in [5, 5.41) is 10.7. The van der Waals surface area contributed by atoms with Crippen LogP contribution in [0.15, 0.2) is 54.2 Å². The number of fused-ring (bicyclic) bond motifs is 7. The molecule has 0 radical (unpaired) electrons. The number of aliphatic imine (C=N–C) groups is 1. The zero-order chi connectivity index (χ0) is 30.1. The monoisotopic (exact) mass is 582 g/mol. The fourth-order valence-corrected chi connectivity index (χ4v) is 5.85. The van der Waals surface area contributed by atoms with Crippen molar-refractivity contribution in [1.82, 2.24) is 19.7 Å². The lowest BCUT2D eigenvalue weighted by molar-refractivity contribution is -0.132. The number of benzene rings is 1. The number of amides is 3. The third kappa shape index (κ3) is 5.47. The minimum Gasteiger partial charge on any atom is -0.477 e. The predicted molar refractivity (Wildman–Crippen MR) is 163 cm³/mol. The zero-order valence-electron chi connectivity index (χ0n) is 24.3. The highest BCUT2D eigenvalue weighted by Gasteiger charge is 2.35. The summed E-state index contributed by atoms with van der Waals surface area (Å²) in [6.45, 7) is 6.98. The molecule has 43 heavy (non-hydrogen) atoms. The molecule has 6 rings (SSSR count). The van der Waals surface area contributed by atoms with Crippen molar-refractivity contribution < 1.29 is 19.1 Å². The molecule has 12 nitrogen and oxygen atoms in total. The van der Waals surface area contributed by atoms with E-state index in [9.17, 15) is 14.4 Å². The van der Waals surface area contributed by atoms with Crippen LogP contribution in [0.25, 0.3) is 11.3 Å². The van der Waals surface area contributed by atoms with Crippen molar-refractivity contribution in [2.45, 2.75) is 45.1 Å². The van der Waals surface area contributed by atoms with Crippen LogP contribution < -0.4 is 20.3 Å². The number of carbonyl (C=O) groups excluding carboxylic acids is 3. The molecular formula is C31H34N8O4. The molecule has 0 spiro atoms. The van der Waals surface area contributed by atoms with Crippen LogP contribution in [0.1, 0.15) is 48.2 Å². The highest BCUT2D eigenvalue weighted by atomic mass is 16.5. The second-order valence-electron chi connectivity index (χ2n) is 10.9. The van der Waals surface area contributed by atoms with Crippen LogP contribution in [-0.2, 0) is 16.6 Å². The number of ether oxygens (including phenoxy) is 1. The van der Waals surface area contributed by atoms with Crippen molar-refractivity contribution in [1.29, 1.82) is 0 Å². The van der Waals surface area contributed by atoms with Crippen LogP contribution in [0.4, 0.5) is 17.1 Å². The van der Waals surface area contributed by atoms with Crippen LogP contribution in [0, 0.1) is 6.92 Å². The first-order valence-electron chi connectivity index (χ1n) is 14.5. The Kier molecular flexibility index (Phi) is 7.66. The topological polar surface area (TPSA) is 134 Å². The first kappa shape index (κ1) is 28.1. The van der Waals surface area contributed by atoms with Gasteiger partial charge in [-0.1, -0.05) is 12.6 Å². The number of rotatable bonds is 3. The summed E-state index contributed by atoms with van der Waals surface area (Å²) in [7, 11) is 1.82. The quantitative estimate of drug-likeness (QED) is 0.444. The van der Waals surface area contributed by atoms with E-state index < -0.39 is 11.9 Å². The fraction of sp³-hybridized carbons (Fsp3) is 0.355. The SMILES string of the molecule is C=CC(=O)N1CCCC1C(=O)Nc1cccc2c1N1CCCCCOc3c(cnn3C)-c3cc(cc(C)n3)C(=O)/N=C/1N2. The van der Waals surface area contributed by atoms with Gasteiger partial charge in [0.1, 0.15) is 6.04 Å². The lowest BCUT2D eigenvalue weighted by Gasteiger charge is -2.25. The lowest BCUT2D eigenvalue weighted by Crippen LogP contribution is -2.42. The van der Waals surface area contributed by atoms with Gasteiger partial charge in [-0.2, -0.15) is 10.1 Å². The minimum atomic E-state index is -0.572. The fourth-order valence-electron chi connectivity index (χ4n) is 5.85. The van der Waals surface area contributed by atoms with E-state index in [4.69, 9.17) is 4.74 Å². The first-order valence-corrected chi connectivity index (χ1v) is 14.5. The average Bonchev–Trinajstić information content (AvgIpc) is 3.71. The van der Waals surface area contributed by atoms with Crippen LogP contribution in [0.2, 0.25) is 0 Å². The largest absolute Gasteiger partial charge is 0.477 e. The van der Waals surface area contributed by atoms with Crippen LogP contribution in [-0.4, -0.2) is 69.1 Å². The molecule has 3 amide bonds. The summed E-state index contributed by atoms with van der Waals surface area (Å²) in [6, 6.07) is 8.39. The average molecular weight is 583 g/mol. The van der Waals surface area contributed by atoms with Crippen molar-refractivity contribution in [3.8, 4) is 17.1 Å². The molecule has 222 valence electrons. The van der Waals surface area contributed by atoms with Gasteiger partial charge in [-0.25, -0.2) is 4.68 Å². The number of carbonyl (C=O) groups is 3. The maximum absolute atomic E-state index is 13.6. The van der Waals surface area contributed by atoms with Gasteiger partial charge in [0.2, 0.25) is 23.7 Å². The standard InChI is InChI=1S/C31H34N8O4/c1-4-26(40)38-14-9-12-25(38)29(42)34-22-10-8-11-23-27(22)39-13-6-5-7-15-43-30-21(18-32-37(30)3)24-17-20(16-19(2)33-24)28(41)36-31(39)35-23/h4,8,10-11,16-18,25H,1,5-7,9,12-15H2,2-3H3,(H,34,42)(H,35,36,41). The van der Waals surface area contributed by atoms with Gasteiger partial charge in [0.05, 0.1) is 41.1 Å². The van der Waals surface area contributed by atoms with Crippen molar-refractivity contribution in [2.75, 3.05) is 35.2 Å². The minimum absolute atomic E-state index is 0.256. The van der Waals surface area contributed by atoms with Gasteiger partial charge in [0, 0.05) is 31.4 Å². The molecule has 3 aliphatic rings. The van der Waals surface area contributed by atoms with Crippen molar-refractivity contribution >= 4 is 40.7 Å². The Morgan fingerprint density at radius 2 is 2.02 bits per heavy atom. The highest BCUT2D eigenvalue weighted by Crippen LogP contribution is 2.40. The number of nitrogens with one attached hydrogen (secondary N) is 2. The number of guanidine groups is 1. The summed E-state index contributed by atoms with van der Waals surface area (Å²) < 4.78 is 7.80. The third-order valence-electron chi connectivity index (χ3n) is 7.91. The Hall–Kier alpha value is -5.00. The Balaban J connectivity index is 1.34. The molecule has 3 aliphatic heterocycles. The number of hydrogen-bond acceptors (Lipinski definition) is 8. The van der Waals surface area contributed by atoms with Crippen LogP contribution in [0.5, 0.6) is 5.88 Å². The molecule has 1 unspecified atom stereocenters. The lowest BCUT2D eigenvalue weighted by atomic mass is 10.1. The van der Waals surface area contributed by atoms with E-state index in [2.05, 4.69) is 32.3 Å². The second kappa shape index (κ2) is 11.7. The number of anilines is 3. The van der Waals surface area contributed by atoms with E-state index in [0.29, 0.717) is 66.2 Å². The number of aromatic nitrogens is 3. The Morgan fingerprint density at radius 3 is 2.86 bits per heavy atom. The molecule has 2 N–H and O–H groups in total. The Bertz CT molecular complexity index is 1640. The highest BCUT2D eigenvalue weighted by molar-refractivity contribution is 6.22. The maximum atomic E-state index is 13.6. The van der Waals surface area contributed by atoms with Crippen molar-refractivity contribution in [3.63, 3.8) is 0 Å². The zero-order valence-corrected chi connectivity index (χ0v) is 24.3.